The summed E-state index contributed by atoms with van der Waals surface area (Å²) in [4.78, 5) is 28.0. The van der Waals surface area contributed by atoms with Gasteiger partial charge in [0.15, 0.2) is 11.5 Å². The lowest BCUT2D eigenvalue weighted by Gasteiger charge is -2.21. The van der Waals surface area contributed by atoms with Crippen LogP contribution in [-0.2, 0) is 9.53 Å². The molecule has 2 aromatic rings. The van der Waals surface area contributed by atoms with Gasteiger partial charge in [-0.3, -0.25) is 9.59 Å². The summed E-state index contributed by atoms with van der Waals surface area (Å²) in [6.45, 7) is 1.51. The molecule has 8 nitrogen and oxygen atoms in total. The minimum Gasteiger partial charge on any atom is -0.497 e. The second-order valence-electron chi connectivity index (χ2n) is 7.52. The molecule has 0 saturated carbocycles. The number of nitrogens with one attached hydrogen (secondary N) is 1. The molecule has 1 saturated heterocycles. The lowest BCUT2D eigenvalue weighted by Crippen LogP contribution is -2.37. The van der Waals surface area contributed by atoms with E-state index in [1.165, 1.54) is 0 Å². The van der Waals surface area contributed by atoms with Crippen LogP contribution in [0, 0.1) is 5.92 Å². The number of ether oxygens (including phenoxy) is 4. The van der Waals surface area contributed by atoms with Gasteiger partial charge in [0, 0.05) is 43.8 Å². The summed E-state index contributed by atoms with van der Waals surface area (Å²) in [6, 6.07) is 12.6. The lowest BCUT2D eigenvalue weighted by molar-refractivity contribution is -0.125. The van der Waals surface area contributed by atoms with Gasteiger partial charge in [0.1, 0.15) is 5.75 Å². The maximum atomic E-state index is 13.2. The van der Waals surface area contributed by atoms with Crippen molar-refractivity contribution in [3.05, 3.63) is 53.6 Å². The standard InChI is InChI=1S/C24H30N2O6/c1-29-13-12-25-23(27)20-15-26(24(28)16-8-10-17(30-2)11-9-16)14-19(20)18-6-5-7-21(31-3)22(18)32-4/h5-11,19-20H,12-15H2,1-4H3,(H,25,27)/t19-,20-/m0/s1. The molecular weight excluding hydrogens is 412 g/mol. The average molecular weight is 443 g/mol. The van der Waals surface area contributed by atoms with Crippen LogP contribution >= 0.6 is 0 Å². The number of nitrogens with zero attached hydrogens (tertiary/aromatic N) is 1. The van der Waals surface area contributed by atoms with Gasteiger partial charge >= 0.3 is 0 Å². The summed E-state index contributed by atoms with van der Waals surface area (Å²) < 4.78 is 21.3. The molecule has 32 heavy (non-hydrogen) atoms. The number of likely N-dealkylation sites (tertiary alicyclic amines) is 1. The van der Waals surface area contributed by atoms with Crippen molar-refractivity contribution in [2.45, 2.75) is 5.92 Å². The number of carbonyl (C=O) groups excluding carboxylic acids is 2. The summed E-state index contributed by atoms with van der Waals surface area (Å²) in [5, 5.41) is 2.92. The van der Waals surface area contributed by atoms with Crippen molar-refractivity contribution < 1.29 is 28.5 Å². The first-order chi connectivity index (χ1) is 15.5. The molecular formula is C24H30N2O6. The smallest absolute Gasteiger partial charge is 0.253 e. The first kappa shape index (κ1) is 23.4. The molecule has 3 rings (SSSR count). The number of rotatable bonds is 9. The molecule has 0 aliphatic carbocycles. The Morgan fingerprint density at radius 2 is 1.72 bits per heavy atom. The van der Waals surface area contributed by atoms with E-state index < -0.39 is 5.92 Å². The average Bonchev–Trinajstić information content (AvgIpc) is 3.28. The van der Waals surface area contributed by atoms with Crippen LogP contribution in [0.3, 0.4) is 0 Å². The van der Waals surface area contributed by atoms with E-state index in [4.69, 9.17) is 18.9 Å². The SMILES string of the molecule is COCCNC(=O)[C@H]1CN(C(=O)c2ccc(OC)cc2)C[C@H]1c1cccc(OC)c1OC. The normalized spacial score (nSPS) is 17.7. The number of carbonyl (C=O) groups is 2. The van der Waals surface area contributed by atoms with Gasteiger partial charge in [-0.2, -0.15) is 0 Å². The van der Waals surface area contributed by atoms with E-state index in [2.05, 4.69) is 5.32 Å². The molecule has 8 heteroatoms. The highest BCUT2D eigenvalue weighted by molar-refractivity contribution is 5.95. The fraction of sp³-hybridized carbons (Fsp3) is 0.417. The number of hydrogen-bond donors (Lipinski definition) is 1. The maximum Gasteiger partial charge on any atom is 0.253 e. The Balaban J connectivity index is 1.90. The third-order valence-electron chi connectivity index (χ3n) is 5.72. The zero-order chi connectivity index (χ0) is 23.1. The molecule has 0 bridgehead atoms. The van der Waals surface area contributed by atoms with Crippen LogP contribution in [0.1, 0.15) is 21.8 Å². The van der Waals surface area contributed by atoms with Gasteiger partial charge in [-0.1, -0.05) is 12.1 Å². The molecule has 2 amide bonds. The molecule has 2 atom stereocenters. The number of amides is 2. The van der Waals surface area contributed by atoms with Crippen LogP contribution in [0.2, 0.25) is 0 Å². The van der Waals surface area contributed by atoms with Gasteiger partial charge in [0.25, 0.3) is 5.91 Å². The highest BCUT2D eigenvalue weighted by Gasteiger charge is 2.42. The summed E-state index contributed by atoms with van der Waals surface area (Å²) in [5.41, 5.74) is 1.38. The molecule has 172 valence electrons. The zero-order valence-corrected chi connectivity index (χ0v) is 18.9. The Morgan fingerprint density at radius 3 is 2.34 bits per heavy atom. The first-order valence-corrected chi connectivity index (χ1v) is 10.4. The van der Waals surface area contributed by atoms with E-state index in [0.717, 1.165) is 5.56 Å². The number of para-hydroxylation sites is 1. The van der Waals surface area contributed by atoms with E-state index in [0.29, 0.717) is 49.1 Å². The van der Waals surface area contributed by atoms with E-state index in [9.17, 15) is 9.59 Å². The van der Waals surface area contributed by atoms with Crippen molar-refractivity contribution in [2.75, 3.05) is 54.7 Å². The fourth-order valence-electron chi connectivity index (χ4n) is 4.08. The summed E-state index contributed by atoms with van der Waals surface area (Å²) in [6.07, 6.45) is 0. The molecule has 1 N–H and O–H groups in total. The maximum absolute atomic E-state index is 13.2. The fourth-order valence-corrected chi connectivity index (χ4v) is 4.08. The second-order valence-corrected chi connectivity index (χ2v) is 7.52. The predicted octanol–water partition coefficient (Wildman–Crippen LogP) is 2.33. The van der Waals surface area contributed by atoms with Crippen LogP contribution in [0.15, 0.2) is 42.5 Å². The van der Waals surface area contributed by atoms with Gasteiger partial charge < -0.3 is 29.2 Å². The highest BCUT2D eigenvalue weighted by atomic mass is 16.5. The Morgan fingerprint density at radius 1 is 0.969 bits per heavy atom. The number of benzene rings is 2. The summed E-state index contributed by atoms with van der Waals surface area (Å²) in [7, 11) is 6.31. The van der Waals surface area contributed by atoms with Crippen LogP contribution < -0.4 is 19.5 Å². The minimum atomic E-state index is -0.435. The third-order valence-corrected chi connectivity index (χ3v) is 5.72. The largest absolute Gasteiger partial charge is 0.497 e. The Hall–Kier alpha value is -3.26. The van der Waals surface area contributed by atoms with Gasteiger partial charge in [-0.25, -0.2) is 0 Å². The molecule has 1 fully saturated rings. The Labute approximate surface area is 188 Å². The van der Waals surface area contributed by atoms with Crippen molar-refractivity contribution in [2.24, 2.45) is 5.92 Å². The van der Waals surface area contributed by atoms with Gasteiger partial charge in [-0.05, 0) is 30.3 Å². The van der Waals surface area contributed by atoms with Crippen molar-refractivity contribution in [3.8, 4) is 17.2 Å². The predicted molar refractivity (Wildman–Crippen MR) is 120 cm³/mol. The minimum absolute atomic E-state index is 0.123. The van der Waals surface area contributed by atoms with E-state index >= 15 is 0 Å². The van der Waals surface area contributed by atoms with E-state index in [1.807, 2.05) is 18.2 Å². The molecule has 1 aliphatic rings. The molecule has 1 heterocycles. The van der Waals surface area contributed by atoms with Crippen LogP contribution in [0.5, 0.6) is 17.2 Å². The molecule has 1 aliphatic heterocycles. The topological polar surface area (TPSA) is 86.3 Å². The van der Waals surface area contributed by atoms with Crippen molar-refractivity contribution >= 4 is 11.8 Å². The van der Waals surface area contributed by atoms with Crippen LogP contribution in [0.4, 0.5) is 0 Å². The van der Waals surface area contributed by atoms with Crippen molar-refractivity contribution in [1.82, 2.24) is 10.2 Å². The first-order valence-electron chi connectivity index (χ1n) is 10.4. The van der Waals surface area contributed by atoms with Gasteiger partial charge in [0.05, 0.1) is 33.9 Å². The number of hydrogen-bond acceptors (Lipinski definition) is 6. The highest BCUT2D eigenvalue weighted by Crippen LogP contribution is 2.42. The summed E-state index contributed by atoms with van der Waals surface area (Å²) >= 11 is 0. The summed E-state index contributed by atoms with van der Waals surface area (Å²) in [5.74, 6) is 0.905. The van der Waals surface area contributed by atoms with Gasteiger partial charge in [-0.15, -0.1) is 0 Å². The Kier molecular flexibility index (Phi) is 7.94. The monoisotopic (exact) mass is 442 g/mol. The van der Waals surface area contributed by atoms with Crippen LogP contribution in [0.25, 0.3) is 0 Å². The molecule has 0 aromatic heterocycles. The Bertz CT molecular complexity index is 931. The van der Waals surface area contributed by atoms with Crippen molar-refractivity contribution in [1.29, 1.82) is 0 Å². The van der Waals surface area contributed by atoms with E-state index in [1.54, 1.807) is 57.6 Å². The lowest BCUT2D eigenvalue weighted by atomic mass is 9.87. The number of methoxy groups -OCH3 is 4. The molecule has 0 radical (unpaired) electrons. The molecule has 2 aromatic carbocycles. The second kappa shape index (κ2) is 10.9. The van der Waals surface area contributed by atoms with E-state index in [-0.39, 0.29) is 17.7 Å². The van der Waals surface area contributed by atoms with Crippen molar-refractivity contribution in [3.63, 3.8) is 0 Å². The third kappa shape index (κ3) is 4.96. The molecule has 0 unspecified atom stereocenters. The molecule has 0 spiro atoms. The van der Waals surface area contributed by atoms with Gasteiger partial charge in [0.2, 0.25) is 5.91 Å². The zero-order valence-electron chi connectivity index (χ0n) is 18.9. The quantitative estimate of drug-likeness (QED) is 0.600. The van der Waals surface area contributed by atoms with Crippen LogP contribution in [-0.4, -0.2) is 71.4 Å².